The Labute approximate surface area is 67.8 Å². The van der Waals surface area contributed by atoms with E-state index in [0.29, 0.717) is 24.9 Å². The normalized spacial score (nSPS) is 31.3. The number of aliphatic hydroxyl groups excluding tert-OH is 1. The first-order chi connectivity index (χ1) is 5.36. The van der Waals surface area contributed by atoms with Crippen LogP contribution >= 0.6 is 0 Å². The summed E-state index contributed by atoms with van der Waals surface area (Å²) in [7, 11) is 0. The van der Waals surface area contributed by atoms with E-state index in [2.05, 4.69) is 6.07 Å². The van der Waals surface area contributed by atoms with Crippen LogP contribution < -0.4 is 0 Å². The van der Waals surface area contributed by atoms with Crippen LogP contribution in [0.15, 0.2) is 0 Å². The van der Waals surface area contributed by atoms with E-state index in [1.807, 2.05) is 0 Å². The second-order valence-electron chi connectivity index (χ2n) is 3.44. The Morgan fingerprint density at radius 2 is 2.09 bits per heavy atom. The highest BCUT2D eigenvalue weighted by Gasteiger charge is 2.20. The Morgan fingerprint density at radius 3 is 2.73 bits per heavy atom. The lowest BCUT2D eigenvalue weighted by Crippen LogP contribution is -2.17. The van der Waals surface area contributed by atoms with Gasteiger partial charge in [-0.25, -0.2) is 0 Å². The van der Waals surface area contributed by atoms with Crippen molar-refractivity contribution in [2.75, 3.05) is 6.61 Å². The van der Waals surface area contributed by atoms with E-state index in [1.54, 1.807) is 0 Å². The van der Waals surface area contributed by atoms with E-state index < -0.39 is 0 Å². The minimum Gasteiger partial charge on any atom is -0.396 e. The van der Waals surface area contributed by atoms with E-state index in [-0.39, 0.29) is 0 Å². The van der Waals surface area contributed by atoms with Gasteiger partial charge in [-0.2, -0.15) is 5.26 Å². The lowest BCUT2D eigenvalue weighted by atomic mass is 9.80. The van der Waals surface area contributed by atoms with Gasteiger partial charge < -0.3 is 5.11 Å². The molecule has 1 saturated carbocycles. The Kier molecular flexibility index (Phi) is 3.38. The first kappa shape index (κ1) is 8.55. The molecule has 0 aromatic carbocycles. The Balaban J connectivity index is 2.28. The van der Waals surface area contributed by atoms with Gasteiger partial charge in [0, 0.05) is 13.0 Å². The van der Waals surface area contributed by atoms with E-state index in [4.69, 9.17) is 10.4 Å². The number of rotatable bonds is 2. The Hall–Kier alpha value is -0.550. The molecule has 2 unspecified atom stereocenters. The summed E-state index contributed by atoms with van der Waals surface area (Å²) < 4.78 is 0. The fourth-order valence-electron chi connectivity index (χ4n) is 1.88. The van der Waals surface area contributed by atoms with E-state index in [1.165, 1.54) is 12.8 Å². The van der Waals surface area contributed by atoms with Crippen LogP contribution in [0.3, 0.4) is 0 Å². The van der Waals surface area contributed by atoms with Crippen LogP contribution in [0.5, 0.6) is 0 Å². The van der Waals surface area contributed by atoms with Crippen molar-refractivity contribution >= 4 is 0 Å². The molecule has 2 atom stereocenters. The zero-order valence-corrected chi connectivity index (χ0v) is 6.79. The summed E-state index contributed by atoms with van der Waals surface area (Å²) in [6, 6.07) is 2.20. The standard InChI is InChI=1S/C9H15NO/c10-5-4-8-2-1-3-9(6-8)7-11/h8-9,11H,1-4,6-7H2. The molecule has 0 radical (unpaired) electrons. The van der Waals surface area contributed by atoms with Crippen molar-refractivity contribution in [1.82, 2.24) is 0 Å². The number of nitrogens with zero attached hydrogens (tertiary/aromatic N) is 1. The van der Waals surface area contributed by atoms with Gasteiger partial charge in [-0.05, 0) is 31.1 Å². The van der Waals surface area contributed by atoms with Crippen LogP contribution in [0, 0.1) is 23.2 Å². The Morgan fingerprint density at radius 1 is 1.36 bits per heavy atom. The number of hydrogen-bond donors (Lipinski definition) is 1. The summed E-state index contributed by atoms with van der Waals surface area (Å²) in [5.74, 6) is 1.04. The average Bonchev–Trinajstić information content (AvgIpc) is 2.06. The van der Waals surface area contributed by atoms with Crippen LogP contribution in [-0.4, -0.2) is 11.7 Å². The van der Waals surface area contributed by atoms with E-state index in [9.17, 15) is 0 Å². The van der Waals surface area contributed by atoms with Crippen LogP contribution in [0.4, 0.5) is 0 Å². The third-order valence-corrected chi connectivity index (χ3v) is 2.53. The maximum Gasteiger partial charge on any atom is 0.0624 e. The summed E-state index contributed by atoms with van der Waals surface area (Å²) in [5.41, 5.74) is 0. The van der Waals surface area contributed by atoms with E-state index in [0.717, 1.165) is 12.8 Å². The zero-order chi connectivity index (χ0) is 8.10. The molecule has 1 fully saturated rings. The van der Waals surface area contributed by atoms with Crippen molar-refractivity contribution in [3.8, 4) is 6.07 Å². The minimum absolute atomic E-state index is 0.307. The lowest BCUT2D eigenvalue weighted by molar-refractivity contribution is 0.162. The zero-order valence-electron chi connectivity index (χ0n) is 6.79. The van der Waals surface area contributed by atoms with Crippen molar-refractivity contribution in [2.24, 2.45) is 11.8 Å². The number of hydrogen-bond acceptors (Lipinski definition) is 2. The molecule has 1 aliphatic rings. The highest BCUT2D eigenvalue weighted by molar-refractivity contribution is 4.80. The van der Waals surface area contributed by atoms with Crippen LogP contribution in [0.1, 0.15) is 32.1 Å². The topological polar surface area (TPSA) is 44.0 Å². The van der Waals surface area contributed by atoms with Crippen molar-refractivity contribution < 1.29 is 5.11 Å². The van der Waals surface area contributed by atoms with Gasteiger partial charge in [0.2, 0.25) is 0 Å². The van der Waals surface area contributed by atoms with Crippen molar-refractivity contribution in [2.45, 2.75) is 32.1 Å². The first-order valence-corrected chi connectivity index (χ1v) is 4.34. The largest absolute Gasteiger partial charge is 0.396 e. The number of aliphatic hydroxyl groups is 1. The molecule has 1 rings (SSSR count). The molecule has 1 N–H and O–H groups in total. The maximum absolute atomic E-state index is 8.89. The minimum atomic E-state index is 0.307. The van der Waals surface area contributed by atoms with Gasteiger partial charge in [-0.15, -0.1) is 0 Å². The summed E-state index contributed by atoms with van der Waals surface area (Å²) in [6.45, 7) is 0.307. The van der Waals surface area contributed by atoms with Crippen molar-refractivity contribution in [3.05, 3.63) is 0 Å². The van der Waals surface area contributed by atoms with Crippen molar-refractivity contribution in [1.29, 1.82) is 5.26 Å². The molecule has 0 aliphatic heterocycles. The molecule has 62 valence electrons. The van der Waals surface area contributed by atoms with E-state index >= 15 is 0 Å². The second-order valence-corrected chi connectivity index (χ2v) is 3.44. The molecular weight excluding hydrogens is 138 g/mol. The average molecular weight is 153 g/mol. The smallest absolute Gasteiger partial charge is 0.0624 e. The molecule has 0 spiro atoms. The van der Waals surface area contributed by atoms with Crippen molar-refractivity contribution in [3.63, 3.8) is 0 Å². The summed E-state index contributed by atoms with van der Waals surface area (Å²) in [5, 5.41) is 17.4. The molecular formula is C9H15NO. The van der Waals surface area contributed by atoms with Crippen LogP contribution in [0.2, 0.25) is 0 Å². The molecule has 2 heteroatoms. The highest BCUT2D eigenvalue weighted by Crippen LogP contribution is 2.30. The number of nitriles is 1. The quantitative estimate of drug-likeness (QED) is 0.656. The van der Waals surface area contributed by atoms with Gasteiger partial charge in [0.25, 0.3) is 0 Å². The fraction of sp³-hybridized carbons (Fsp3) is 0.889. The third kappa shape index (κ3) is 2.51. The van der Waals surface area contributed by atoms with Gasteiger partial charge in [0.1, 0.15) is 0 Å². The summed E-state index contributed by atoms with van der Waals surface area (Å²) in [6.07, 6.45) is 5.26. The second kappa shape index (κ2) is 4.35. The molecule has 0 heterocycles. The monoisotopic (exact) mass is 153 g/mol. The molecule has 0 amide bonds. The predicted molar refractivity (Wildman–Crippen MR) is 42.8 cm³/mol. The fourth-order valence-corrected chi connectivity index (χ4v) is 1.88. The summed E-state index contributed by atoms with van der Waals surface area (Å²) in [4.78, 5) is 0. The van der Waals surface area contributed by atoms with Gasteiger partial charge >= 0.3 is 0 Å². The maximum atomic E-state index is 8.89. The molecule has 11 heavy (non-hydrogen) atoms. The van der Waals surface area contributed by atoms with Gasteiger partial charge in [-0.3, -0.25) is 0 Å². The molecule has 0 bridgehead atoms. The summed E-state index contributed by atoms with van der Waals surface area (Å²) >= 11 is 0. The molecule has 1 aliphatic carbocycles. The molecule has 0 aromatic heterocycles. The lowest BCUT2D eigenvalue weighted by Gasteiger charge is -2.25. The van der Waals surface area contributed by atoms with Gasteiger partial charge in [-0.1, -0.05) is 6.42 Å². The molecule has 0 aromatic rings. The molecule has 2 nitrogen and oxygen atoms in total. The SMILES string of the molecule is N#CCC1CCCC(CO)C1. The predicted octanol–water partition coefficient (Wildman–Crippen LogP) is 1.70. The van der Waals surface area contributed by atoms with Gasteiger partial charge in [0.15, 0.2) is 0 Å². The Bertz CT molecular complexity index is 150. The van der Waals surface area contributed by atoms with Crippen LogP contribution in [-0.2, 0) is 0 Å². The van der Waals surface area contributed by atoms with Crippen LogP contribution in [0.25, 0.3) is 0 Å². The van der Waals surface area contributed by atoms with Gasteiger partial charge in [0.05, 0.1) is 6.07 Å². The molecule has 0 saturated heterocycles. The third-order valence-electron chi connectivity index (χ3n) is 2.53. The first-order valence-electron chi connectivity index (χ1n) is 4.34. The highest BCUT2D eigenvalue weighted by atomic mass is 16.3.